The van der Waals surface area contributed by atoms with Crippen molar-refractivity contribution in [1.82, 2.24) is 14.7 Å². The summed E-state index contributed by atoms with van der Waals surface area (Å²) >= 11 is 0. The predicted octanol–water partition coefficient (Wildman–Crippen LogP) is 1.98. The van der Waals surface area contributed by atoms with E-state index in [9.17, 15) is 13.2 Å². The summed E-state index contributed by atoms with van der Waals surface area (Å²) in [6.07, 6.45) is 7.74. The summed E-state index contributed by atoms with van der Waals surface area (Å²) in [5.74, 6) is -0.114. The Morgan fingerprint density at radius 2 is 2.12 bits per heavy atom. The topological polar surface area (TPSA) is 72.3 Å². The van der Waals surface area contributed by atoms with Gasteiger partial charge in [0.2, 0.25) is 0 Å². The fourth-order valence-electron chi connectivity index (χ4n) is 3.11. The van der Waals surface area contributed by atoms with Crippen molar-refractivity contribution in [2.24, 2.45) is 0 Å². The van der Waals surface area contributed by atoms with Crippen LogP contribution in [0.15, 0.2) is 47.6 Å². The number of rotatable bonds is 4. The SMILES string of the molecule is CS(=O)(=O)c1cccc(C(=O)N2CCCC[C@H]2Cn2cccn2)c1. The molecule has 3 rings (SSSR count). The summed E-state index contributed by atoms with van der Waals surface area (Å²) < 4.78 is 25.3. The van der Waals surface area contributed by atoms with Crippen LogP contribution in [0.3, 0.4) is 0 Å². The summed E-state index contributed by atoms with van der Waals surface area (Å²) in [6, 6.07) is 8.23. The van der Waals surface area contributed by atoms with E-state index in [4.69, 9.17) is 0 Å². The summed E-state index contributed by atoms with van der Waals surface area (Å²) in [5, 5.41) is 4.22. The van der Waals surface area contributed by atoms with Crippen LogP contribution in [0.25, 0.3) is 0 Å². The molecule has 1 aromatic carbocycles. The third kappa shape index (κ3) is 3.67. The van der Waals surface area contributed by atoms with E-state index in [-0.39, 0.29) is 16.8 Å². The summed E-state index contributed by atoms with van der Waals surface area (Å²) in [4.78, 5) is 14.9. The molecule has 2 aromatic rings. The molecule has 0 radical (unpaired) electrons. The number of piperidine rings is 1. The van der Waals surface area contributed by atoms with Crippen LogP contribution in [0.4, 0.5) is 0 Å². The molecule has 1 saturated heterocycles. The Morgan fingerprint density at radius 3 is 2.83 bits per heavy atom. The van der Waals surface area contributed by atoms with Gasteiger partial charge < -0.3 is 4.90 Å². The molecular formula is C17H21N3O3S. The van der Waals surface area contributed by atoms with Crippen LogP contribution < -0.4 is 0 Å². The molecule has 128 valence electrons. The van der Waals surface area contributed by atoms with Gasteiger partial charge in [-0.3, -0.25) is 9.48 Å². The molecule has 2 heterocycles. The number of hydrogen-bond acceptors (Lipinski definition) is 4. The highest BCUT2D eigenvalue weighted by Crippen LogP contribution is 2.22. The lowest BCUT2D eigenvalue weighted by Gasteiger charge is -2.35. The summed E-state index contributed by atoms with van der Waals surface area (Å²) in [5.41, 5.74) is 0.422. The number of likely N-dealkylation sites (tertiary alicyclic amines) is 1. The van der Waals surface area contributed by atoms with Crippen molar-refractivity contribution in [3.8, 4) is 0 Å². The molecule has 7 heteroatoms. The first-order valence-electron chi connectivity index (χ1n) is 8.04. The highest BCUT2D eigenvalue weighted by Gasteiger charge is 2.28. The molecule has 0 aliphatic carbocycles. The van der Waals surface area contributed by atoms with Gasteiger partial charge >= 0.3 is 0 Å². The molecule has 1 fully saturated rings. The first kappa shape index (κ1) is 16.7. The number of benzene rings is 1. The number of amides is 1. The summed E-state index contributed by atoms with van der Waals surface area (Å²) in [6.45, 7) is 1.35. The number of sulfone groups is 1. The molecule has 1 amide bonds. The van der Waals surface area contributed by atoms with Crippen molar-refractivity contribution in [1.29, 1.82) is 0 Å². The van der Waals surface area contributed by atoms with E-state index < -0.39 is 9.84 Å². The van der Waals surface area contributed by atoms with E-state index in [1.54, 1.807) is 18.3 Å². The van der Waals surface area contributed by atoms with E-state index in [0.717, 1.165) is 25.5 Å². The van der Waals surface area contributed by atoms with Crippen LogP contribution in [-0.2, 0) is 16.4 Å². The van der Waals surface area contributed by atoms with Crippen molar-refractivity contribution in [3.63, 3.8) is 0 Å². The molecule has 1 aromatic heterocycles. The lowest BCUT2D eigenvalue weighted by atomic mass is 10.0. The highest BCUT2D eigenvalue weighted by molar-refractivity contribution is 7.90. The van der Waals surface area contributed by atoms with Crippen molar-refractivity contribution < 1.29 is 13.2 Å². The van der Waals surface area contributed by atoms with E-state index in [2.05, 4.69) is 5.10 Å². The number of aromatic nitrogens is 2. The fourth-order valence-corrected chi connectivity index (χ4v) is 3.77. The van der Waals surface area contributed by atoms with E-state index in [0.29, 0.717) is 18.7 Å². The first-order chi connectivity index (χ1) is 11.4. The van der Waals surface area contributed by atoms with Gasteiger partial charge in [-0.15, -0.1) is 0 Å². The molecule has 1 aliphatic rings. The van der Waals surface area contributed by atoms with Gasteiger partial charge in [-0.2, -0.15) is 5.10 Å². The molecule has 0 unspecified atom stereocenters. The van der Waals surface area contributed by atoms with Gasteiger partial charge in [-0.05, 0) is 43.5 Å². The quantitative estimate of drug-likeness (QED) is 0.848. The lowest BCUT2D eigenvalue weighted by molar-refractivity contribution is 0.0583. The molecule has 0 spiro atoms. The molecule has 6 nitrogen and oxygen atoms in total. The molecule has 24 heavy (non-hydrogen) atoms. The molecule has 1 atom stereocenters. The van der Waals surface area contributed by atoms with E-state index >= 15 is 0 Å². The Labute approximate surface area is 142 Å². The van der Waals surface area contributed by atoms with Gasteiger partial charge in [0.25, 0.3) is 5.91 Å². The summed E-state index contributed by atoms with van der Waals surface area (Å²) in [7, 11) is -3.33. The number of hydrogen-bond donors (Lipinski definition) is 0. The highest BCUT2D eigenvalue weighted by atomic mass is 32.2. The average molecular weight is 347 g/mol. The van der Waals surface area contributed by atoms with Crippen LogP contribution in [-0.4, -0.2) is 47.8 Å². The maximum atomic E-state index is 12.9. The van der Waals surface area contributed by atoms with Gasteiger partial charge in [0.15, 0.2) is 9.84 Å². The van der Waals surface area contributed by atoms with E-state index in [1.165, 1.54) is 12.1 Å². The normalized spacial score (nSPS) is 18.5. The molecule has 1 aliphatic heterocycles. The standard InChI is InChI=1S/C17H21N3O3S/c1-24(22,23)16-8-4-6-14(12-16)17(21)20-11-3-2-7-15(20)13-19-10-5-9-18-19/h4-6,8-10,12,15H,2-3,7,11,13H2,1H3/t15-/m0/s1. The second-order valence-electron chi connectivity index (χ2n) is 6.18. The third-order valence-electron chi connectivity index (χ3n) is 4.35. The van der Waals surface area contributed by atoms with Crippen molar-refractivity contribution >= 4 is 15.7 Å². The zero-order valence-corrected chi connectivity index (χ0v) is 14.4. The molecule has 0 saturated carbocycles. The first-order valence-corrected chi connectivity index (χ1v) is 9.93. The van der Waals surface area contributed by atoms with E-state index in [1.807, 2.05) is 21.8 Å². The second kappa shape index (κ2) is 6.76. The Bertz CT molecular complexity index is 815. The largest absolute Gasteiger partial charge is 0.334 e. The number of carbonyl (C=O) groups is 1. The molecule has 0 bridgehead atoms. The van der Waals surface area contributed by atoms with Crippen LogP contribution in [0.2, 0.25) is 0 Å². The van der Waals surface area contributed by atoms with Gasteiger partial charge in [-0.25, -0.2) is 8.42 Å². The van der Waals surface area contributed by atoms with Crippen LogP contribution in [0.5, 0.6) is 0 Å². The minimum Gasteiger partial charge on any atom is -0.334 e. The maximum Gasteiger partial charge on any atom is 0.254 e. The predicted molar refractivity (Wildman–Crippen MR) is 90.5 cm³/mol. The Kier molecular flexibility index (Phi) is 4.71. The third-order valence-corrected chi connectivity index (χ3v) is 5.46. The van der Waals surface area contributed by atoms with Gasteiger partial charge in [0, 0.05) is 30.8 Å². The van der Waals surface area contributed by atoms with Crippen LogP contribution in [0.1, 0.15) is 29.6 Å². The zero-order chi connectivity index (χ0) is 17.2. The minimum absolute atomic E-state index is 0.0769. The minimum atomic E-state index is -3.33. The Balaban J connectivity index is 1.84. The Morgan fingerprint density at radius 1 is 1.29 bits per heavy atom. The number of carbonyl (C=O) groups excluding carboxylic acids is 1. The second-order valence-corrected chi connectivity index (χ2v) is 8.19. The Hall–Kier alpha value is -2.15. The smallest absolute Gasteiger partial charge is 0.254 e. The van der Waals surface area contributed by atoms with Crippen molar-refractivity contribution in [3.05, 3.63) is 48.3 Å². The number of nitrogens with zero attached hydrogens (tertiary/aromatic N) is 3. The van der Waals surface area contributed by atoms with Crippen LogP contribution >= 0.6 is 0 Å². The molecule has 0 N–H and O–H groups in total. The van der Waals surface area contributed by atoms with Gasteiger partial charge in [-0.1, -0.05) is 6.07 Å². The fraction of sp³-hybridized carbons (Fsp3) is 0.412. The van der Waals surface area contributed by atoms with Crippen molar-refractivity contribution in [2.75, 3.05) is 12.8 Å². The van der Waals surface area contributed by atoms with Crippen molar-refractivity contribution in [2.45, 2.75) is 36.7 Å². The lowest BCUT2D eigenvalue weighted by Crippen LogP contribution is -2.46. The average Bonchev–Trinajstić information content (AvgIpc) is 3.07. The van der Waals surface area contributed by atoms with Gasteiger partial charge in [0.1, 0.15) is 0 Å². The zero-order valence-electron chi connectivity index (χ0n) is 13.6. The maximum absolute atomic E-state index is 12.9. The molecular weight excluding hydrogens is 326 g/mol. The monoisotopic (exact) mass is 347 g/mol. The van der Waals surface area contributed by atoms with Gasteiger partial charge in [0.05, 0.1) is 17.5 Å². The van der Waals surface area contributed by atoms with Crippen LogP contribution in [0, 0.1) is 0 Å².